The highest BCUT2D eigenvalue weighted by molar-refractivity contribution is 5.01. The first-order valence-corrected chi connectivity index (χ1v) is 7.45. The summed E-state index contributed by atoms with van der Waals surface area (Å²) in [5.74, 6) is 2.45. The van der Waals surface area contributed by atoms with Gasteiger partial charge in [0.05, 0.1) is 5.92 Å². The third-order valence-corrected chi connectivity index (χ3v) is 4.45. The normalized spacial score (nSPS) is 26.7. The maximum Gasteiger partial charge on any atom is 0.231 e. The Balaban J connectivity index is 1.71. The van der Waals surface area contributed by atoms with Gasteiger partial charge in [0, 0.05) is 13.7 Å². The largest absolute Gasteiger partial charge is 0.373 e. The molecule has 106 valence electrons. The van der Waals surface area contributed by atoms with Gasteiger partial charge in [-0.1, -0.05) is 24.4 Å². The van der Waals surface area contributed by atoms with E-state index in [-0.39, 0.29) is 6.10 Å². The van der Waals surface area contributed by atoms with Crippen LogP contribution in [-0.4, -0.2) is 30.3 Å². The van der Waals surface area contributed by atoms with Crippen LogP contribution in [0.1, 0.15) is 62.3 Å². The fourth-order valence-corrected chi connectivity index (χ4v) is 3.34. The molecule has 1 aliphatic heterocycles. The highest BCUT2D eigenvalue weighted by Gasteiger charge is 2.30. The Kier molecular flexibility index (Phi) is 4.13. The van der Waals surface area contributed by atoms with Gasteiger partial charge in [-0.05, 0) is 31.7 Å². The smallest absolute Gasteiger partial charge is 0.231 e. The van der Waals surface area contributed by atoms with Gasteiger partial charge in [0.1, 0.15) is 6.10 Å². The molecule has 0 radical (unpaired) electrons. The predicted molar refractivity (Wildman–Crippen MR) is 70.9 cm³/mol. The zero-order chi connectivity index (χ0) is 13.1. The van der Waals surface area contributed by atoms with Crippen molar-refractivity contribution in [2.75, 3.05) is 20.2 Å². The molecule has 2 unspecified atom stereocenters. The second-order valence-corrected chi connectivity index (χ2v) is 5.73. The predicted octanol–water partition coefficient (Wildman–Crippen LogP) is 2.41. The minimum absolute atomic E-state index is 0.00663. The summed E-state index contributed by atoms with van der Waals surface area (Å²) in [6.45, 7) is 1.99. The van der Waals surface area contributed by atoms with Crippen molar-refractivity contribution in [3.05, 3.63) is 11.7 Å². The molecule has 2 heterocycles. The molecular weight excluding hydrogens is 242 g/mol. The lowest BCUT2D eigenvalue weighted by Crippen LogP contribution is -2.19. The Morgan fingerprint density at radius 1 is 1.26 bits per heavy atom. The first-order chi connectivity index (χ1) is 9.38. The van der Waals surface area contributed by atoms with Crippen LogP contribution in [0.15, 0.2) is 4.52 Å². The zero-order valence-electron chi connectivity index (χ0n) is 11.6. The minimum atomic E-state index is 0.00663. The Hall–Kier alpha value is -0.940. The van der Waals surface area contributed by atoms with Crippen LogP contribution in [0.5, 0.6) is 0 Å². The van der Waals surface area contributed by atoms with E-state index >= 15 is 0 Å². The molecule has 1 saturated carbocycles. The van der Waals surface area contributed by atoms with E-state index in [4.69, 9.17) is 9.26 Å². The molecule has 2 aliphatic rings. The van der Waals surface area contributed by atoms with Gasteiger partial charge in [-0.2, -0.15) is 4.98 Å². The van der Waals surface area contributed by atoms with E-state index in [1.807, 2.05) is 0 Å². The van der Waals surface area contributed by atoms with Crippen molar-refractivity contribution in [2.45, 2.75) is 50.5 Å². The van der Waals surface area contributed by atoms with E-state index < -0.39 is 0 Å². The molecule has 0 aromatic carbocycles. The Bertz CT molecular complexity index is 395. The zero-order valence-corrected chi connectivity index (χ0v) is 11.6. The maximum atomic E-state index is 5.65. The van der Waals surface area contributed by atoms with Crippen LogP contribution < -0.4 is 5.32 Å². The fourth-order valence-electron chi connectivity index (χ4n) is 3.34. The Labute approximate surface area is 114 Å². The highest BCUT2D eigenvalue weighted by Crippen LogP contribution is 2.35. The monoisotopic (exact) mass is 265 g/mol. The van der Waals surface area contributed by atoms with Crippen LogP contribution in [0.25, 0.3) is 0 Å². The van der Waals surface area contributed by atoms with Gasteiger partial charge >= 0.3 is 0 Å². The van der Waals surface area contributed by atoms with E-state index in [0.717, 1.165) is 31.2 Å². The summed E-state index contributed by atoms with van der Waals surface area (Å²) in [7, 11) is 1.76. The molecule has 5 nitrogen and oxygen atoms in total. The first-order valence-electron chi connectivity index (χ1n) is 7.45. The number of hydrogen-bond acceptors (Lipinski definition) is 5. The van der Waals surface area contributed by atoms with E-state index in [1.165, 1.54) is 32.1 Å². The standard InChI is InChI=1S/C14H23N3O2/c1-18-12(10-5-3-2-4-6-10)13-16-14(19-17-13)11-7-8-15-9-11/h10-12,15H,2-9H2,1H3. The average molecular weight is 265 g/mol. The van der Waals surface area contributed by atoms with Crippen molar-refractivity contribution in [1.29, 1.82) is 0 Å². The van der Waals surface area contributed by atoms with Crippen molar-refractivity contribution >= 4 is 0 Å². The fraction of sp³-hybridized carbons (Fsp3) is 0.857. The third kappa shape index (κ3) is 2.82. The lowest BCUT2D eigenvalue weighted by molar-refractivity contribution is 0.0273. The second kappa shape index (κ2) is 6.01. The van der Waals surface area contributed by atoms with Crippen LogP contribution in [0.2, 0.25) is 0 Å². The van der Waals surface area contributed by atoms with Crippen LogP contribution in [-0.2, 0) is 4.74 Å². The molecule has 19 heavy (non-hydrogen) atoms. The summed E-state index contributed by atoms with van der Waals surface area (Å²) in [6, 6.07) is 0. The van der Waals surface area contributed by atoms with Crippen molar-refractivity contribution < 1.29 is 9.26 Å². The van der Waals surface area contributed by atoms with E-state index in [1.54, 1.807) is 7.11 Å². The molecule has 1 aromatic heterocycles. The SMILES string of the molecule is COC(c1noc(C2CCNC2)n1)C1CCCCC1. The number of nitrogens with zero attached hydrogens (tertiary/aromatic N) is 2. The number of aromatic nitrogens is 2. The number of rotatable bonds is 4. The van der Waals surface area contributed by atoms with Gasteiger partial charge in [-0.25, -0.2) is 0 Å². The molecule has 1 N–H and O–H groups in total. The molecule has 3 rings (SSSR count). The summed E-state index contributed by atoms with van der Waals surface area (Å²) in [5, 5.41) is 7.50. The number of hydrogen-bond donors (Lipinski definition) is 1. The van der Waals surface area contributed by atoms with Gasteiger partial charge in [0.15, 0.2) is 0 Å². The highest BCUT2D eigenvalue weighted by atomic mass is 16.5. The lowest BCUT2D eigenvalue weighted by Gasteiger charge is -2.26. The van der Waals surface area contributed by atoms with Crippen molar-refractivity contribution in [1.82, 2.24) is 15.5 Å². The Morgan fingerprint density at radius 2 is 2.11 bits per heavy atom. The average Bonchev–Trinajstić information content (AvgIpc) is 3.11. The molecule has 2 fully saturated rings. The summed E-state index contributed by atoms with van der Waals surface area (Å²) >= 11 is 0. The van der Waals surface area contributed by atoms with Gasteiger partial charge in [0.2, 0.25) is 11.7 Å². The summed E-state index contributed by atoms with van der Waals surface area (Å²) in [6.07, 6.45) is 7.46. The summed E-state index contributed by atoms with van der Waals surface area (Å²) in [5.41, 5.74) is 0. The van der Waals surface area contributed by atoms with E-state index in [9.17, 15) is 0 Å². The van der Waals surface area contributed by atoms with Gasteiger partial charge in [-0.3, -0.25) is 0 Å². The molecule has 0 amide bonds. The van der Waals surface area contributed by atoms with Crippen molar-refractivity contribution in [3.63, 3.8) is 0 Å². The second-order valence-electron chi connectivity index (χ2n) is 5.73. The van der Waals surface area contributed by atoms with Crippen LogP contribution in [0, 0.1) is 5.92 Å². The number of methoxy groups -OCH3 is 1. The van der Waals surface area contributed by atoms with Crippen LogP contribution in [0.4, 0.5) is 0 Å². The van der Waals surface area contributed by atoms with Crippen molar-refractivity contribution in [2.24, 2.45) is 5.92 Å². The van der Waals surface area contributed by atoms with Crippen molar-refractivity contribution in [3.8, 4) is 0 Å². The van der Waals surface area contributed by atoms with Gasteiger partial charge < -0.3 is 14.6 Å². The summed E-state index contributed by atoms with van der Waals surface area (Å²) < 4.78 is 11.1. The molecule has 0 spiro atoms. The van der Waals surface area contributed by atoms with E-state index in [0.29, 0.717) is 11.8 Å². The molecule has 0 bridgehead atoms. The van der Waals surface area contributed by atoms with Gasteiger partial charge in [-0.15, -0.1) is 0 Å². The Morgan fingerprint density at radius 3 is 2.79 bits per heavy atom. The first kappa shape index (κ1) is 13.1. The molecule has 2 atom stereocenters. The molecule has 1 aliphatic carbocycles. The van der Waals surface area contributed by atoms with Crippen LogP contribution >= 0.6 is 0 Å². The summed E-state index contributed by atoms with van der Waals surface area (Å²) in [4.78, 5) is 4.60. The maximum absolute atomic E-state index is 5.65. The minimum Gasteiger partial charge on any atom is -0.373 e. The van der Waals surface area contributed by atoms with E-state index in [2.05, 4.69) is 15.5 Å². The molecule has 1 aromatic rings. The number of nitrogens with one attached hydrogen (secondary N) is 1. The quantitative estimate of drug-likeness (QED) is 0.906. The lowest BCUT2D eigenvalue weighted by atomic mass is 9.85. The molecule has 5 heteroatoms. The number of ether oxygens (including phenoxy) is 1. The molecule has 1 saturated heterocycles. The van der Waals surface area contributed by atoms with Crippen LogP contribution in [0.3, 0.4) is 0 Å². The topological polar surface area (TPSA) is 60.2 Å². The molecular formula is C14H23N3O2. The van der Waals surface area contributed by atoms with Gasteiger partial charge in [0.25, 0.3) is 0 Å². The third-order valence-electron chi connectivity index (χ3n) is 4.45.